The first-order valence-corrected chi connectivity index (χ1v) is 6.39. The van der Waals surface area contributed by atoms with E-state index in [9.17, 15) is 4.79 Å². The summed E-state index contributed by atoms with van der Waals surface area (Å²) in [5.41, 5.74) is 1.60. The standard InChI is InChI=1S/C15H17N3O2/c1-10-5-6-13-11(7-10)12(8-16)17-18(13)9-14(19)20-15(2,3)4/h5-7H,9H2,1-4H3. The molecule has 0 saturated heterocycles. The van der Waals surface area contributed by atoms with Crippen molar-refractivity contribution in [3.05, 3.63) is 29.5 Å². The number of carbonyl (C=O) groups excluding carboxylic acids is 1. The van der Waals surface area contributed by atoms with Gasteiger partial charge in [0.1, 0.15) is 18.2 Å². The van der Waals surface area contributed by atoms with Gasteiger partial charge in [-0.25, -0.2) is 0 Å². The van der Waals surface area contributed by atoms with Gasteiger partial charge in [-0.1, -0.05) is 11.6 Å². The van der Waals surface area contributed by atoms with Crippen molar-refractivity contribution in [1.29, 1.82) is 5.26 Å². The van der Waals surface area contributed by atoms with E-state index in [0.717, 1.165) is 16.5 Å². The molecule has 1 aromatic heterocycles. The number of benzene rings is 1. The molecule has 0 unspecified atom stereocenters. The highest BCUT2D eigenvalue weighted by Crippen LogP contribution is 2.20. The molecule has 0 spiro atoms. The molecular formula is C15H17N3O2. The minimum Gasteiger partial charge on any atom is -0.459 e. The molecule has 104 valence electrons. The highest BCUT2D eigenvalue weighted by molar-refractivity contribution is 5.86. The first-order chi connectivity index (χ1) is 9.30. The van der Waals surface area contributed by atoms with Crippen molar-refractivity contribution in [2.75, 3.05) is 0 Å². The fourth-order valence-corrected chi connectivity index (χ4v) is 1.99. The SMILES string of the molecule is Cc1ccc2c(c1)c(C#N)nn2CC(=O)OC(C)(C)C. The normalized spacial score (nSPS) is 11.3. The molecular weight excluding hydrogens is 254 g/mol. The molecule has 5 heteroatoms. The Labute approximate surface area is 117 Å². The molecule has 0 amide bonds. The van der Waals surface area contributed by atoms with Gasteiger partial charge >= 0.3 is 5.97 Å². The molecule has 1 heterocycles. The van der Waals surface area contributed by atoms with Crippen molar-refractivity contribution in [3.63, 3.8) is 0 Å². The van der Waals surface area contributed by atoms with E-state index >= 15 is 0 Å². The summed E-state index contributed by atoms with van der Waals surface area (Å²) in [6, 6.07) is 7.74. The average molecular weight is 271 g/mol. The van der Waals surface area contributed by atoms with E-state index in [4.69, 9.17) is 10.00 Å². The number of nitriles is 1. The summed E-state index contributed by atoms with van der Waals surface area (Å²) in [4.78, 5) is 11.9. The molecule has 0 atom stereocenters. The van der Waals surface area contributed by atoms with Crippen molar-refractivity contribution in [3.8, 4) is 6.07 Å². The van der Waals surface area contributed by atoms with Gasteiger partial charge in [-0.2, -0.15) is 10.4 Å². The number of rotatable bonds is 2. The monoisotopic (exact) mass is 271 g/mol. The minimum atomic E-state index is -0.533. The summed E-state index contributed by atoms with van der Waals surface area (Å²) in [7, 11) is 0. The van der Waals surface area contributed by atoms with Crippen LogP contribution in [0, 0.1) is 18.3 Å². The Hall–Kier alpha value is -2.35. The summed E-state index contributed by atoms with van der Waals surface area (Å²) in [5, 5.41) is 14.1. The van der Waals surface area contributed by atoms with Gasteiger partial charge in [-0.3, -0.25) is 9.48 Å². The van der Waals surface area contributed by atoms with Crippen molar-refractivity contribution in [1.82, 2.24) is 9.78 Å². The second-order valence-corrected chi connectivity index (χ2v) is 5.73. The Kier molecular flexibility index (Phi) is 3.49. The summed E-state index contributed by atoms with van der Waals surface area (Å²) in [6.07, 6.45) is 0. The lowest BCUT2D eigenvalue weighted by atomic mass is 10.1. The van der Waals surface area contributed by atoms with Crippen LogP contribution in [0.3, 0.4) is 0 Å². The zero-order valence-electron chi connectivity index (χ0n) is 12.1. The van der Waals surface area contributed by atoms with Crippen LogP contribution in [0.4, 0.5) is 0 Å². The van der Waals surface area contributed by atoms with Crippen LogP contribution < -0.4 is 0 Å². The lowest BCUT2D eigenvalue weighted by molar-refractivity contribution is -0.155. The van der Waals surface area contributed by atoms with E-state index in [-0.39, 0.29) is 12.5 Å². The van der Waals surface area contributed by atoms with E-state index in [1.807, 2.05) is 45.9 Å². The van der Waals surface area contributed by atoms with Gasteiger partial charge in [0.15, 0.2) is 5.69 Å². The van der Waals surface area contributed by atoms with Crippen LogP contribution in [-0.4, -0.2) is 21.4 Å². The molecule has 0 fully saturated rings. The van der Waals surface area contributed by atoms with Gasteiger partial charge < -0.3 is 4.74 Å². The summed E-state index contributed by atoms with van der Waals surface area (Å²) < 4.78 is 6.79. The number of carbonyl (C=O) groups is 1. The number of hydrogen-bond donors (Lipinski definition) is 0. The molecule has 0 radical (unpaired) electrons. The molecule has 1 aromatic carbocycles. The van der Waals surface area contributed by atoms with E-state index < -0.39 is 5.60 Å². The van der Waals surface area contributed by atoms with Gasteiger partial charge in [-0.15, -0.1) is 0 Å². The van der Waals surface area contributed by atoms with Crippen LogP contribution in [0.5, 0.6) is 0 Å². The number of nitrogens with zero attached hydrogens (tertiary/aromatic N) is 3. The second-order valence-electron chi connectivity index (χ2n) is 5.73. The van der Waals surface area contributed by atoms with E-state index in [0.29, 0.717) is 5.69 Å². The van der Waals surface area contributed by atoms with Crippen LogP contribution in [0.2, 0.25) is 0 Å². The fraction of sp³-hybridized carbons (Fsp3) is 0.400. The predicted molar refractivity (Wildman–Crippen MR) is 75.0 cm³/mol. The maximum Gasteiger partial charge on any atom is 0.328 e. The maximum absolute atomic E-state index is 11.9. The Bertz CT molecular complexity index is 702. The van der Waals surface area contributed by atoms with E-state index in [1.54, 1.807) is 0 Å². The number of aryl methyl sites for hydroxylation is 1. The Balaban J connectivity index is 2.36. The average Bonchev–Trinajstić information content (AvgIpc) is 2.64. The van der Waals surface area contributed by atoms with Gasteiger partial charge in [0.05, 0.1) is 5.52 Å². The third-order valence-electron chi connectivity index (χ3n) is 2.71. The minimum absolute atomic E-state index is 0.00148. The van der Waals surface area contributed by atoms with Crippen LogP contribution >= 0.6 is 0 Å². The topological polar surface area (TPSA) is 67.9 Å². The molecule has 0 aliphatic heterocycles. The highest BCUT2D eigenvalue weighted by atomic mass is 16.6. The van der Waals surface area contributed by atoms with Gasteiger partial charge in [0.25, 0.3) is 0 Å². The molecule has 5 nitrogen and oxygen atoms in total. The number of aromatic nitrogens is 2. The maximum atomic E-state index is 11.9. The number of hydrogen-bond acceptors (Lipinski definition) is 4. The van der Waals surface area contributed by atoms with Crippen molar-refractivity contribution in [2.45, 2.75) is 39.8 Å². The van der Waals surface area contributed by atoms with E-state index in [2.05, 4.69) is 11.2 Å². The Morgan fingerprint density at radius 3 is 2.75 bits per heavy atom. The lowest BCUT2D eigenvalue weighted by Crippen LogP contribution is -2.26. The molecule has 20 heavy (non-hydrogen) atoms. The van der Waals surface area contributed by atoms with Crippen LogP contribution in [0.25, 0.3) is 10.9 Å². The Morgan fingerprint density at radius 2 is 2.15 bits per heavy atom. The van der Waals surface area contributed by atoms with Crippen molar-refractivity contribution in [2.24, 2.45) is 0 Å². The second kappa shape index (κ2) is 4.97. The van der Waals surface area contributed by atoms with Crippen molar-refractivity contribution >= 4 is 16.9 Å². The van der Waals surface area contributed by atoms with Gasteiger partial charge in [0.2, 0.25) is 0 Å². The first kappa shape index (κ1) is 14.1. The zero-order valence-corrected chi connectivity index (χ0v) is 12.1. The number of esters is 1. The quantitative estimate of drug-likeness (QED) is 0.787. The largest absolute Gasteiger partial charge is 0.459 e. The third kappa shape index (κ3) is 2.97. The summed E-state index contributed by atoms with van der Waals surface area (Å²) >= 11 is 0. The number of fused-ring (bicyclic) bond motifs is 1. The van der Waals surface area contributed by atoms with Crippen LogP contribution in [0.1, 0.15) is 32.0 Å². The highest BCUT2D eigenvalue weighted by Gasteiger charge is 2.19. The molecule has 2 rings (SSSR count). The lowest BCUT2D eigenvalue weighted by Gasteiger charge is -2.19. The van der Waals surface area contributed by atoms with Crippen LogP contribution in [-0.2, 0) is 16.1 Å². The fourth-order valence-electron chi connectivity index (χ4n) is 1.99. The number of ether oxygens (including phenoxy) is 1. The zero-order chi connectivity index (χ0) is 14.9. The predicted octanol–water partition coefficient (Wildman–Crippen LogP) is 2.56. The van der Waals surface area contributed by atoms with Crippen molar-refractivity contribution < 1.29 is 9.53 Å². The molecule has 0 N–H and O–H groups in total. The Morgan fingerprint density at radius 1 is 1.45 bits per heavy atom. The summed E-state index contributed by atoms with van der Waals surface area (Å²) in [5.74, 6) is -0.369. The molecule has 2 aromatic rings. The summed E-state index contributed by atoms with van der Waals surface area (Å²) in [6.45, 7) is 7.40. The third-order valence-corrected chi connectivity index (χ3v) is 2.71. The molecule has 0 bridgehead atoms. The van der Waals surface area contributed by atoms with Gasteiger partial charge in [-0.05, 0) is 39.8 Å². The van der Waals surface area contributed by atoms with E-state index in [1.165, 1.54) is 4.68 Å². The smallest absolute Gasteiger partial charge is 0.328 e. The molecule has 0 saturated carbocycles. The molecule has 0 aliphatic carbocycles. The first-order valence-electron chi connectivity index (χ1n) is 6.39. The van der Waals surface area contributed by atoms with Gasteiger partial charge in [0, 0.05) is 5.39 Å². The molecule has 0 aliphatic rings. The van der Waals surface area contributed by atoms with Crippen LogP contribution in [0.15, 0.2) is 18.2 Å².